The number of ether oxygens (including phenoxy) is 1. The summed E-state index contributed by atoms with van der Waals surface area (Å²) in [7, 11) is 0. The first-order valence-corrected chi connectivity index (χ1v) is 10.1. The largest absolute Gasteiger partial charge is 0.478 e. The van der Waals surface area contributed by atoms with Crippen LogP contribution in [0.3, 0.4) is 0 Å². The highest BCUT2D eigenvalue weighted by molar-refractivity contribution is 6.05. The van der Waals surface area contributed by atoms with E-state index in [1.54, 1.807) is 24.3 Å². The fourth-order valence-electron chi connectivity index (χ4n) is 3.73. The maximum Gasteiger partial charge on any atom is 0.327 e. The predicted molar refractivity (Wildman–Crippen MR) is 121 cm³/mol. The Balaban J connectivity index is 1.63. The van der Waals surface area contributed by atoms with Crippen molar-refractivity contribution in [2.45, 2.75) is 13.3 Å². The van der Waals surface area contributed by atoms with Gasteiger partial charge in [0.25, 0.3) is 0 Å². The van der Waals surface area contributed by atoms with E-state index >= 15 is 0 Å². The molecule has 0 fully saturated rings. The molecule has 0 atom stereocenters. The number of aliphatic carboxylic acids is 1. The van der Waals surface area contributed by atoms with Crippen LogP contribution in [0.2, 0.25) is 0 Å². The molecule has 160 valence electrons. The number of carboxylic acids is 1. The lowest BCUT2D eigenvalue weighted by Crippen LogP contribution is -1.88. The summed E-state index contributed by atoms with van der Waals surface area (Å²) in [4.78, 5) is 10.8. The lowest BCUT2D eigenvalue weighted by Gasteiger charge is -2.07. The van der Waals surface area contributed by atoms with Gasteiger partial charge in [-0.3, -0.25) is 0 Å². The summed E-state index contributed by atoms with van der Waals surface area (Å²) < 4.78 is 32.7. The zero-order valence-corrected chi connectivity index (χ0v) is 17.3. The molecule has 4 rings (SSSR count). The van der Waals surface area contributed by atoms with Gasteiger partial charge in [-0.25, -0.2) is 13.6 Å². The Morgan fingerprint density at radius 2 is 1.53 bits per heavy atom. The monoisotopic (exact) mass is 430 g/mol. The number of rotatable bonds is 6. The van der Waals surface area contributed by atoms with E-state index in [1.165, 1.54) is 24.3 Å². The van der Waals surface area contributed by atoms with Crippen LogP contribution in [0.5, 0.6) is 11.5 Å². The first-order valence-electron chi connectivity index (χ1n) is 10.1. The van der Waals surface area contributed by atoms with Crippen molar-refractivity contribution in [2.75, 3.05) is 0 Å². The lowest BCUT2D eigenvalue weighted by molar-refractivity contribution is -0.131. The topological polar surface area (TPSA) is 46.5 Å². The molecule has 32 heavy (non-hydrogen) atoms. The van der Waals surface area contributed by atoms with Crippen molar-refractivity contribution in [3.8, 4) is 11.5 Å². The van der Waals surface area contributed by atoms with Crippen LogP contribution in [0.4, 0.5) is 8.78 Å². The van der Waals surface area contributed by atoms with Crippen molar-refractivity contribution in [1.82, 2.24) is 0 Å². The minimum absolute atomic E-state index is 0.322. The Kier molecular flexibility index (Phi) is 5.99. The molecule has 0 radical (unpaired) electrons. The van der Waals surface area contributed by atoms with Crippen LogP contribution in [-0.4, -0.2) is 11.1 Å². The Labute approximate surface area is 184 Å². The first-order chi connectivity index (χ1) is 15.4. The average Bonchev–Trinajstić information content (AvgIpc) is 3.01. The van der Waals surface area contributed by atoms with Crippen LogP contribution in [0.15, 0.2) is 84.5 Å². The third-order valence-corrected chi connectivity index (χ3v) is 5.28. The number of benzene rings is 3. The highest BCUT2D eigenvalue weighted by atomic mass is 19.1. The molecule has 0 bridgehead atoms. The fraction of sp³-hybridized carbons (Fsp3) is 0.0741. The summed E-state index contributed by atoms with van der Waals surface area (Å²) in [5.41, 5.74) is 5.47. The normalized spacial score (nSPS) is 14.3. The zero-order valence-electron chi connectivity index (χ0n) is 17.3. The molecule has 5 heteroatoms. The molecule has 3 aromatic rings. The highest BCUT2D eigenvalue weighted by Crippen LogP contribution is 2.44. The second-order valence-corrected chi connectivity index (χ2v) is 7.42. The molecular weight excluding hydrogens is 410 g/mol. The summed E-state index contributed by atoms with van der Waals surface area (Å²) >= 11 is 0. The Morgan fingerprint density at radius 3 is 2.19 bits per heavy atom. The molecule has 0 unspecified atom stereocenters. The maximum absolute atomic E-state index is 13.9. The quantitative estimate of drug-likeness (QED) is 0.424. The Hall–Kier alpha value is -3.99. The van der Waals surface area contributed by atoms with Crippen LogP contribution in [0.1, 0.15) is 30.0 Å². The number of carbonyl (C=O) groups is 1. The van der Waals surface area contributed by atoms with E-state index in [9.17, 15) is 13.6 Å². The van der Waals surface area contributed by atoms with Gasteiger partial charge in [0, 0.05) is 6.08 Å². The summed E-state index contributed by atoms with van der Waals surface area (Å²) in [6.07, 6.45) is 5.08. The molecule has 3 nitrogen and oxygen atoms in total. The standard InChI is InChI=1S/C27H20F2O3/c1-17-23(3-2-4-27(30)31)26-16-20(29)9-14-24(26)25(17)15-18-5-10-21(11-6-18)32-22-12-7-19(28)8-13-22/h2,4-16H,3H2,1H3,(H,30,31)/b4-2?,25-15-. The summed E-state index contributed by atoms with van der Waals surface area (Å²) in [5.74, 6) is -0.502. The van der Waals surface area contributed by atoms with Gasteiger partial charge in [0.15, 0.2) is 0 Å². The van der Waals surface area contributed by atoms with Crippen LogP contribution >= 0.6 is 0 Å². The molecule has 1 aliphatic carbocycles. The van der Waals surface area contributed by atoms with Crippen molar-refractivity contribution in [3.63, 3.8) is 0 Å². The molecule has 0 aliphatic heterocycles. The van der Waals surface area contributed by atoms with Crippen LogP contribution in [0, 0.1) is 11.6 Å². The van der Waals surface area contributed by atoms with Crippen molar-refractivity contribution < 1.29 is 23.4 Å². The molecule has 0 amide bonds. The number of hydrogen-bond donors (Lipinski definition) is 1. The van der Waals surface area contributed by atoms with Gasteiger partial charge in [-0.1, -0.05) is 24.3 Å². The molecule has 1 aliphatic rings. The van der Waals surface area contributed by atoms with E-state index in [1.807, 2.05) is 37.3 Å². The number of fused-ring (bicyclic) bond motifs is 1. The Morgan fingerprint density at radius 1 is 0.906 bits per heavy atom. The molecule has 0 heterocycles. The van der Waals surface area contributed by atoms with Gasteiger partial charge in [-0.2, -0.15) is 0 Å². The lowest BCUT2D eigenvalue weighted by atomic mass is 10.0. The number of hydrogen-bond acceptors (Lipinski definition) is 2. The van der Waals surface area contributed by atoms with Crippen LogP contribution in [-0.2, 0) is 4.79 Å². The molecule has 0 saturated heterocycles. The third kappa shape index (κ3) is 4.67. The summed E-state index contributed by atoms with van der Waals surface area (Å²) in [5, 5.41) is 8.87. The second-order valence-electron chi connectivity index (χ2n) is 7.42. The van der Waals surface area contributed by atoms with Crippen LogP contribution < -0.4 is 4.74 Å². The van der Waals surface area contributed by atoms with Gasteiger partial charge in [-0.05, 0) is 101 Å². The smallest absolute Gasteiger partial charge is 0.327 e. The van der Waals surface area contributed by atoms with Crippen molar-refractivity contribution >= 4 is 23.2 Å². The average molecular weight is 430 g/mol. The molecule has 0 spiro atoms. The van der Waals surface area contributed by atoms with E-state index in [0.29, 0.717) is 17.9 Å². The number of carboxylic acid groups (broad SMARTS) is 1. The Bertz CT molecular complexity index is 1250. The third-order valence-electron chi connectivity index (χ3n) is 5.28. The highest BCUT2D eigenvalue weighted by Gasteiger charge is 2.23. The van der Waals surface area contributed by atoms with Gasteiger partial charge in [0.05, 0.1) is 0 Å². The predicted octanol–water partition coefficient (Wildman–Crippen LogP) is 7.12. The van der Waals surface area contributed by atoms with E-state index in [0.717, 1.165) is 39.5 Å². The minimum atomic E-state index is -1.01. The molecule has 1 N–H and O–H groups in total. The van der Waals surface area contributed by atoms with Gasteiger partial charge in [0.2, 0.25) is 0 Å². The van der Waals surface area contributed by atoms with E-state index in [-0.39, 0.29) is 11.6 Å². The van der Waals surface area contributed by atoms with E-state index in [4.69, 9.17) is 9.84 Å². The zero-order chi connectivity index (χ0) is 22.7. The first kappa shape index (κ1) is 21.2. The summed E-state index contributed by atoms with van der Waals surface area (Å²) in [6.45, 7) is 1.96. The van der Waals surface area contributed by atoms with Crippen molar-refractivity contribution in [2.24, 2.45) is 0 Å². The van der Waals surface area contributed by atoms with E-state index < -0.39 is 5.97 Å². The summed E-state index contributed by atoms with van der Waals surface area (Å²) in [6, 6.07) is 17.9. The van der Waals surface area contributed by atoms with Gasteiger partial charge in [0.1, 0.15) is 23.1 Å². The van der Waals surface area contributed by atoms with Gasteiger partial charge in [-0.15, -0.1) is 0 Å². The fourth-order valence-corrected chi connectivity index (χ4v) is 3.73. The van der Waals surface area contributed by atoms with Crippen LogP contribution in [0.25, 0.3) is 17.2 Å². The minimum Gasteiger partial charge on any atom is -0.478 e. The molecule has 0 saturated carbocycles. The van der Waals surface area contributed by atoms with Crippen molar-refractivity contribution in [1.29, 1.82) is 0 Å². The van der Waals surface area contributed by atoms with Gasteiger partial charge >= 0.3 is 5.97 Å². The van der Waals surface area contributed by atoms with E-state index in [2.05, 4.69) is 0 Å². The SMILES string of the molecule is CC1=C(CC=CC(=O)O)c2cc(F)ccc2/C1=C\c1ccc(Oc2ccc(F)cc2)cc1. The van der Waals surface area contributed by atoms with Gasteiger partial charge < -0.3 is 9.84 Å². The molecular formula is C27H20F2O3. The van der Waals surface area contributed by atoms with Crippen molar-refractivity contribution in [3.05, 3.63) is 113 Å². The molecule has 0 aromatic heterocycles. The second kappa shape index (κ2) is 9.02. The maximum atomic E-state index is 13.9. The number of halogens is 2. The molecule has 3 aromatic carbocycles. The number of allylic oxidation sites excluding steroid dienone is 4.